The van der Waals surface area contributed by atoms with Crippen molar-refractivity contribution < 1.29 is 17.9 Å². The summed E-state index contributed by atoms with van der Waals surface area (Å²) in [7, 11) is -1.21. The third-order valence-corrected chi connectivity index (χ3v) is 7.25. The van der Waals surface area contributed by atoms with Crippen molar-refractivity contribution in [3.05, 3.63) is 51.5 Å². The highest BCUT2D eigenvalue weighted by Gasteiger charge is 2.34. The molecule has 0 aliphatic carbocycles. The van der Waals surface area contributed by atoms with Gasteiger partial charge >= 0.3 is 0 Å². The second-order valence-electron chi connectivity index (χ2n) is 6.65. The molecule has 150 valence electrons. The number of fused-ring (bicyclic) bond motifs is 1. The van der Waals surface area contributed by atoms with E-state index >= 15 is 0 Å². The number of likely N-dealkylation sites (N-methyl/N-ethyl adjacent to an activating group) is 1. The zero-order valence-electron chi connectivity index (χ0n) is 15.6. The number of benzene rings is 2. The van der Waals surface area contributed by atoms with Gasteiger partial charge in [0.05, 0.1) is 13.7 Å². The van der Waals surface area contributed by atoms with E-state index in [0.29, 0.717) is 0 Å². The molecule has 0 bridgehead atoms. The number of nitrogens with zero attached hydrogens (tertiary/aromatic N) is 2. The molecule has 2 aromatic rings. The van der Waals surface area contributed by atoms with Crippen molar-refractivity contribution >= 4 is 49.1 Å². The van der Waals surface area contributed by atoms with E-state index in [2.05, 4.69) is 15.9 Å². The van der Waals surface area contributed by atoms with E-state index in [1.165, 1.54) is 26.3 Å². The largest absolute Gasteiger partial charge is 0.495 e. The fourth-order valence-corrected chi connectivity index (χ4v) is 5.29. The first kappa shape index (κ1) is 21.1. The van der Waals surface area contributed by atoms with Gasteiger partial charge in [-0.3, -0.25) is 4.79 Å². The molecule has 0 N–H and O–H groups in total. The average molecular weight is 488 g/mol. The first-order chi connectivity index (χ1) is 13.1. The maximum Gasteiger partial charge on any atom is 0.247 e. The molecule has 9 heteroatoms. The Labute approximate surface area is 178 Å². The average Bonchev–Trinajstić information content (AvgIpc) is 2.96. The van der Waals surface area contributed by atoms with Crippen molar-refractivity contribution in [1.82, 2.24) is 4.31 Å². The quantitative estimate of drug-likeness (QED) is 0.645. The van der Waals surface area contributed by atoms with Gasteiger partial charge in [-0.2, -0.15) is 4.31 Å². The number of halogens is 2. The van der Waals surface area contributed by atoms with Gasteiger partial charge in [0.2, 0.25) is 15.9 Å². The Morgan fingerprint density at radius 2 is 2.04 bits per heavy atom. The van der Waals surface area contributed by atoms with Gasteiger partial charge < -0.3 is 9.64 Å². The highest BCUT2D eigenvalue weighted by molar-refractivity contribution is 9.10. The number of anilines is 1. The van der Waals surface area contributed by atoms with Gasteiger partial charge in [0, 0.05) is 28.3 Å². The Bertz CT molecular complexity index is 1030. The number of ether oxygens (including phenoxy) is 1. The third kappa shape index (κ3) is 3.91. The summed E-state index contributed by atoms with van der Waals surface area (Å²) in [5.41, 5.74) is 1.86. The molecular formula is C19H20BrClN2O4S. The molecule has 2 aromatic carbocycles. The number of sulfonamides is 1. The number of amides is 1. The summed E-state index contributed by atoms with van der Waals surface area (Å²) in [5, 5.41) is 0.270. The first-order valence-electron chi connectivity index (χ1n) is 8.55. The SMILES string of the molecule is COc1ccc(Cl)cc1S(=O)(=O)N(C)CC(=O)N1c2ccc(Br)cc2C[C@@H]1C. The van der Waals surface area contributed by atoms with E-state index in [1.807, 2.05) is 25.1 Å². The minimum absolute atomic E-state index is 0.0476. The van der Waals surface area contributed by atoms with Crippen LogP contribution in [0.15, 0.2) is 45.8 Å². The zero-order valence-corrected chi connectivity index (χ0v) is 18.8. The minimum atomic E-state index is -3.96. The van der Waals surface area contributed by atoms with Crippen LogP contribution in [-0.2, 0) is 21.2 Å². The molecule has 3 rings (SSSR count). The molecule has 0 spiro atoms. The summed E-state index contributed by atoms with van der Waals surface area (Å²) in [6.45, 7) is 1.65. The number of methoxy groups -OCH3 is 1. The first-order valence-corrected chi connectivity index (χ1v) is 11.2. The molecule has 6 nitrogen and oxygen atoms in total. The minimum Gasteiger partial charge on any atom is -0.495 e. The van der Waals surface area contributed by atoms with Crippen LogP contribution in [0.4, 0.5) is 5.69 Å². The predicted molar refractivity (Wildman–Crippen MR) is 113 cm³/mol. The number of hydrogen-bond acceptors (Lipinski definition) is 4. The lowest BCUT2D eigenvalue weighted by Gasteiger charge is -2.26. The predicted octanol–water partition coefficient (Wildman–Crippen LogP) is 3.71. The zero-order chi connectivity index (χ0) is 20.6. The molecule has 1 aliphatic heterocycles. The normalized spacial score (nSPS) is 16.4. The Morgan fingerprint density at radius 3 is 2.71 bits per heavy atom. The van der Waals surface area contributed by atoms with Crippen LogP contribution >= 0.6 is 27.5 Å². The van der Waals surface area contributed by atoms with Crippen LogP contribution in [0.3, 0.4) is 0 Å². The second kappa shape index (κ2) is 8.02. The smallest absolute Gasteiger partial charge is 0.247 e. The van der Waals surface area contributed by atoms with Crippen LogP contribution < -0.4 is 9.64 Å². The molecule has 0 saturated carbocycles. The molecular weight excluding hydrogens is 468 g/mol. The molecule has 1 aliphatic rings. The summed E-state index contributed by atoms with van der Waals surface area (Å²) >= 11 is 9.40. The van der Waals surface area contributed by atoms with Crippen molar-refractivity contribution in [3.63, 3.8) is 0 Å². The lowest BCUT2D eigenvalue weighted by molar-refractivity contribution is -0.118. The highest BCUT2D eigenvalue weighted by Crippen LogP contribution is 2.35. The molecule has 1 amide bonds. The maximum absolute atomic E-state index is 13.0. The summed E-state index contributed by atoms with van der Waals surface area (Å²) in [6.07, 6.45) is 0.721. The lowest BCUT2D eigenvalue weighted by atomic mass is 10.1. The van der Waals surface area contributed by atoms with Crippen molar-refractivity contribution in [2.45, 2.75) is 24.3 Å². The van der Waals surface area contributed by atoms with Crippen molar-refractivity contribution in [3.8, 4) is 5.75 Å². The molecule has 1 heterocycles. The van der Waals surface area contributed by atoms with Crippen LogP contribution in [0.2, 0.25) is 5.02 Å². The van der Waals surface area contributed by atoms with Crippen LogP contribution in [0, 0.1) is 0 Å². The Hall–Kier alpha value is -1.61. The van der Waals surface area contributed by atoms with Crippen molar-refractivity contribution in [1.29, 1.82) is 0 Å². The van der Waals surface area contributed by atoms with Gasteiger partial charge in [-0.15, -0.1) is 0 Å². The van der Waals surface area contributed by atoms with Crippen LogP contribution in [0.25, 0.3) is 0 Å². The second-order valence-corrected chi connectivity index (χ2v) is 10.0. The highest BCUT2D eigenvalue weighted by atomic mass is 79.9. The Balaban J connectivity index is 1.86. The molecule has 1 atom stereocenters. The molecule has 0 aromatic heterocycles. The fourth-order valence-electron chi connectivity index (χ4n) is 3.35. The van der Waals surface area contributed by atoms with Crippen LogP contribution in [0.5, 0.6) is 5.75 Å². The Morgan fingerprint density at radius 1 is 1.32 bits per heavy atom. The summed E-state index contributed by atoms with van der Waals surface area (Å²) in [4.78, 5) is 14.5. The van der Waals surface area contributed by atoms with Crippen LogP contribution in [0.1, 0.15) is 12.5 Å². The molecule has 0 fully saturated rings. The monoisotopic (exact) mass is 486 g/mol. The van der Waals surface area contributed by atoms with E-state index < -0.39 is 10.0 Å². The van der Waals surface area contributed by atoms with Crippen LogP contribution in [-0.4, -0.2) is 45.4 Å². The van der Waals surface area contributed by atoms with Gasteiger partial charge in [0.15, 0.2) is 0 Å². The lowest BCUT2D eigenvalue weighted by Crippen LogP contribution is -2.43. The topological polar surface area (TPSA) is 66.9 Å². The number of hydrogen-bond donors (Lipinski definition) is 0. The summed E-state index contributed by atoms with van der Waals surface area (Å²) < 4.78 is 33.1. The van der Waals surface area contributed by atoms with Gasteiger partial charge in [0.25, 0.3) is 0 Å². The van der Waals surface area contributed by atoms with Crippen molar-refractivity contribution in [2.24, 2.45) is 0 Å². The van der Waals surface area contributed by atoms with Gasteiger partial charge in [-0.1, -0.05) is 27.5 Å². The molecule has 0 radical (unpaired) electrons. The summed E-state index contributed by atoms with van der Waals surface area (Å²) in [5.74, 6) is -0.117. The van der Waals surface area contributed by atoms with E-state index in [1.54, 1.807) is 11.0 Å². The molecule has 0 unspecified atom stereocenters. The fraction of sp³-hybridized carbons (Fsp3) is 0.316. The third-order valence-electron chi connectivity index (χ3n) is 4.70. The van der Waals surface area contributed by atoms with E-state index in [4.69, 9.17) is 16.3 Å². The van der Waals surface area contributed by atoms with Gasteiger partial charge in [-0.25, -0.2) is 8.42 Å². The Kier molecular flexibility index (Phi) is 6.05. The van der Waals surface area contributed by atoms with E-state index in [-0.39, 0.29) is 34.2 Å². The summed E-state index contributed by atoms with van der Waals surface area (Å²) in [6, 6.07) is 10.0. The maximum atomic E-state index is 13.0. The van der Waals surface area contributed by atoms with E-state index in [0.717, 1.165) is 26.4 Å². The molecule has 0 saturated heterocycles. The van der Waals surface area contributed by atoms with Crippen molar-refractivity contribution in [2.75, 3.05) is 25.6 Å². The number of carbonyl (C=O) groups is 1. The molecule has 28 heavy (non-hydrogen) atoms. The van der Waals surface area contributed by atoms with E-state index in [9.17, 15) is 13.2 Å². The number of carbonyl (C=O) groups excluding carboxylic acids is 1. The number of rotatable bonds is 5. The van der Waals surface area contributed by atoms with Gasteiger partial charge in [0.1, 0.15) is 10.6 Å². The van der Waals surface area contributed by atoms with Gasteiger partial charge in [-0.05, 0) is 55.3 Å². The standard InChI is InChI=1S/C19H20BrClN2O4S/c1-12-8-13-9-14(20)4-6-16(13)23(12)19(24)11-22(2)28(25,26)18-10-15(21)5-7-17(18)27-3/h4-7,9-10,12H,8,11H2,1-3H3/t12-/m0/s1.